The van der Waals surface area contributed by atoms with Gasteiger partial charge in [-0.25, -0.2) is 0 Å². The van der Waals surface area contributed by atoms with E-state index in [1.54, 1.807) is 6.07 Å². The number of ether oxygens (including phenoxy) is 1. The highest BCUT2D eigenvalue weighted by molar-refractivity contribution is 6.24. The summed E-state index contributed by atoms with van der Waals surface area (Å²) in [4.78, 5) is 52.0. The third-order valence-electron chi connectivity index (χ3n) is 7.53. The van der Waals surface area contributed by atoms with E-state index in [-0.39, 0.29) is 42.6 Å². The number of ketones is 2. The largest absolute Gasteiger partial charge is 0.508 e. The van der Waals surface area contributed by atoms with Crippen molar-refractivity contribution < 1.29 is 44.3 Å². The van der Waals surface area contributed by atoms with E-state index >= 15 is 0 Å². The smallest absolute Gasteiger partial charge is 0.305 e. The molecule has 1 saturated carbocycles. The van der Waals surface area contributed by atoms with E-state index in [1.165, 1.54) is 32.2 Å². The van der Waals surface area contributed by atoms with Crippen LogP contribution in [-0.4, -0.2) is 81.6 Å². The fraction of sp³-hybridized carbons (Fsp3) is 0.440. The number of primary amides is 1. The van der Waals surface area contributed by atoms with Crippen LogP contribution in [0.15, 0.2) is 29.0 Å². The Balaban J connectivity index is 1.90. The third-order valence-corrected chi connectivity index (χ3v) is 7.53. The highest BCUT2D eigenvalue weighted by Gasteiger charge is 2.64. The van der Waals surface area contributed by atoms with Gasteiger partial charge in [0.2, 0.25) is 5.78 Å². The number of likely N-dealkylation sites (N-methyl/N-ethyl adjacent to an activating group) is 1. The molecule has 1 unspecified atom stereocenters. The SMILES string of the molecule is COC(=O)CCc1ccc(O)c2c1C[C@H]1C[C@H]3C(N(C)C)C(=O)C(C(N)=O)=C(O)[C@@]3(O)C(=O)C1=C2O. The van der Waals surface area contributed by atoms with Crippen LogP contribution in [0.1, 0.15) is 29.5 Å². The molecule has 0 heterocycles. The van der Waals surface area contributed by atoms with Crippen LogP contribution >= 0.6 is 0 Å². The summed E-state index contributed by atoms with van der Waals surface area (Å²) in [5, 5.41) is 44.1. The Kier molecular flexibility index (Phi) is 6.17. The Morgan fingerprint density at radius 2 is 1.86 bits per heavy atom. The average molecular weight is 501 g/mol. The van der Waals surface area contributed by atoms with Crippen LogP contribution in [0.4, 0.5) is 0 Å². The van der Waals surface area contributed by atoms with Crippen LogP contribution in [-0.2, 0) is 36.8 Å². The van der Waals surface area contributed by atoms with Gasteiger partial charge in [0.1, 0.15) is 22.8 Å². The molecule has 0 bridgehead atoms. The molecule has 36 heavy (non-hydrogen) atoms. The molecule has 6 N–H and O–H groups in total. The van der Waals surface area contributed by atoms with E-state index in [9.17, 15) is 39.6 Å². The summed E-state index contributed by atoms with van der Waals surface area (Å²) < 4.78 is 4.69. The number of aliphatic hydroxyl groups excluding tert-OH is 2. The number of hydrogen-bond acceptors (Lipinski definition) is 10. The Morgan fingerprint density at radius 1 is 1.19 bits per heavy atom. The highest BCUT2D eigenvalue weighted by Crippen LogP contribution is 2.52. The number of aliphatic hydroxyl groups is 3. The number of carbonyl (C=O) groups excluding carboxylic acids is 4. The summed E-state index contributed by atoms with van der Waals surface area (Å²) in [5.74, 6) is -7.42. The molecule has 1 amide bonds. The van der Waals surface area contributed by atoms with E-state index in [4.69, 9.17) is 10.5 Å². The third kappa shape index (κ3) is 3.49. The predicted octanol–water partition coefficient (Wildman–Crippen LogP) is 0.0696. The van der Waals surface area contributed by atoms with E-state index in [1.807, 2.05) is 0 Å². The second kappa shape index (κ2) is 8.75. The Bertz CT molecular complexity index is 1260. The molecule has 192 valence electrons. The number of benzene rings is 1. The lowest BCUT2D eigenvalue weighted by Crippen LogP contribution is -2.65. The number of phenols is 1. The Hall–Kier alpha value is -3.70. The van der Waals surface area contributed by atoms with Crippen LogP contribution in [0.25, 0.3) is 5.76 Å². The zero-order valence-electron chi connectivity index (χ0n) is 20.1. The summed E-state index contributed by atoms with van der Waals surface area (Å²) in [5.41, 5.74) is 2.74. The van der Waals surface area contributed by atoms with Gasteiger partial charge in [-0.2, -0.15) is 0 Å². The standard InChI is InChI=1S/C25H28N2O9/c1-27(2)19-13-9-11-8-12-10(5-7-15(29)36-3)4-6-14(28)17(12)20(30)16(11)22(32)25(13,35)23(33)18(21(19)31)24(26)34/h4,6,11,13,19,28,30,33,35H,5,7-9H2,1-3H3,(H2,26,34)/t11-,13-,19?,25-/m0/s1. The van der Waals surface area contributed by atoms with Crippen molar-refractivity contribution in [2.75, 3.05) is 21.2 Å². The van der Waals surface area contributed by atoms with Crippen molar-refractivity contribution >= 4 is 29.2 Å². The van der Waals surface area contributed by atoms with Crippen molar-refractivity contribution in [3.8, 4) is 5.75 Å². The zero-order chi connectivity index (χ0) is 26.7. The number of aryl methyl sites for hydroxylation is 1. The molecule has 0 aliphatic heterocycles. The highest BCUT2D eigenvalue weighted by atomic mass is 16.5. The fourth-order valence-corrected chi connectivity index (χ4v) is 5.88. The predicted molar refractivity (Wildman–Crippen MR) is 125 cm³/mol. The Morgan fingerprint density at radius 3 is 2.44 bits per heavy atom. The number of methoxy groups -OCH3 is 1. The van der Waals surface area contributed by atoms with Crippen LogP contribution in [0.3, 0.4) is 0 Å². The second-order valence-electron chi connectivity index (χ2n) is 9.64. The molecule has 0 radical (unpaired) electrons. The van der Waals surface area contributed by atoms with Gasteiger partial charge in [0, 0.05) is 17.9 Å². The lowest BCUT2D eigenvalue weighted by molar-refractivity contribution is -0.153. The number of esters is 1. The number of fused-ring (bicyclic) bond motifs is 3. The molecule has 4 atom stereocenters. The lowest BCUT2D eigenvalue weighted by atomic mass is 9.57. The van der Waals surface area contributed by atoms with Crippen LogP contribution in [0.2, 0.25) is 0 Å². The molecular formula is C25H28N2O9. The molecule has 3 aliphatic carbocycles. The molecule has 0 spiro atoms. The normalized spacial score (nSPS) is 27.5. The first kappa shape index (κ1) is 25.4. The van der Waals surface area contributed by atoms with Crippen molar-refractivity contribution in [2.24, 2.45) is 17.6 Å². The van der Waals surface area contributed by atoms with Gasteiger partial charge in [0.05, 0.1) is 18.7 Å². The number of hydrogen-bond donors (Lipinski definition) is 5. The Labute approximate surface area is 206 Å². The molecule has 3 aliphatic rings. The zero-order valence-corrected chi connectivity index (χ0v) is 20.1. The summed E-state index contributed by atoms with van der Waals surface area (Å²) >= 11 is 0. The molecule has 1 aromatic carbocycles. The van der Waals surface area contributed by atoms with Gasteiger partial charge in [-0.05, 0) is 56.5 Å². The van der Waals surface area contributed by atoms with Gasteiger partial charge in [0.15, 0.2) is 11.4 Å². The molecule has 4 rings (SSSR count). The number of nitrogens with zero attached hydrogens (tertiary/aromatic N) is 1. The molecule has 11 nitrogen and oxygen atoms in total. The maximum Gasteiger partial charge on any atom is 0.305 e. The van der Waals surface area contributed by atoms with Crippen molar-refractivity contribution in [3.63, 3.8) is 0 Å². The molecular weight excluding hydrogens is 472 g/mol. The van der Waals surface area contributed by atoms with Gasteiger partial charge in [0.25, 0.3) is 5.91 Å². The quantitative estimate of drug-likeness (QED) is 0.273. The minimum atomic E-state index is -2.68. The summed E-state index contributed by atoms with van der Waals surface area (Å²) in [6, 6.07) is 1.80. The first-order valence-corrected chi connectivity index (χ1v) is 11.4. The van der Waals surface area contributed by atoms with Crippen LogP contribution in [0.5, 0.6) is 5.75 Å². The minimum Gasteiger partial charge on any atom is -0.508 e. The maximum atomic E-state index is 13.8. The molecule has 1 fully saturated rings. The number of nitrogens with two attached hydrogens (primary N) is 1. The molecule has 0 aromatic heterocycles. The van der Waals surface area contributed by atoms with Crippen LogP contribution < -0.4 is 5.73 Å². The first-order valence-electron chi connectivity index (χ1n) is 11.4. The number of Topliss-reactive ketones (excluding diaryl/α,β-unsaturated/α-hetero) is 2. The molecule has 1 aromatic rings. The van der Waals surface area contributed by atoms with Crippen molar-refractivity contribution in [3.05, 3.63) is 45.7 Å². The number of carbonyl (C=O) groups is 4. The molecule has 11 heteroatoms. The molecule has 0 saturated heterocycles. The topological polar surface area (TPSA) is 188 Å². The lowest BCUT2D eigenvalue weighted by Gasteiger charge is -2.50. The van der Waals surface area contributed by atoms with Gasteiger partial charge in [-0.15, -0.1) is 0 Å². The fourth-order valence-electron chi connectivity index (χ4n) is 5.88. The van der Waals surface area contributed by atoms with E-state index < -0.39 is 64.0 Å². The minimum absolute atomic E-state index is 0.00212. The van der Waals surface area contributed by atoms with Crippen LogP contribution in [0, 0.1) is 11.8 Å². The number of amides is 1. The first-order chi connectivity index (χ1) is 16.9. The number of rotatable bonds is 5. The van der Waals surface area contributed by atoms with E-state index in [0.29, 0.717) is 11.1 Å². The average Bonchev–Trinajstić information content (AvgIpc) is 2.80. The van der Waals surface area contributed by atoms with Gasteiger partial charge in [-0.1, -0.05) is 6.07 Å². The summed E-state index contributed by atoms with van der Waals surface area (Å²) in [6.07, 6.45) is 0.482. The van der Waals surface area contributed by atoms with E-state index in [2.05, 4.69) is 0 Å². The number of phenolic OH excluding ortho intramolecular Hbond substituents is 1. The van der Waals surface area contributed by atoms with Gasteiger partial charge < -0.3 is 30.9 Å². The van der Waals surface area contributed by atoms with Crippen molar-refractivity contribution in [2.45, 2.75) is 37.3 Å². The number of aromatic hydroxyl groups is 1. The van der Waals surface area contributed by atoms with Gasteiger partial charge in [-0.3, -0.25) is 24.1 Å². The summed E-state index contributed by atoms with van der Waals surface area (Å²) in [6.45, 7) is 0. The van der Waals surface area contributed by atoms with E-state index in [0.717, 1.165) is 0 Å². The van der Waals surface area contributed by atoms with Gasteiger partial charge >= 0.3 is 5.97 Å². The van der Waals surface area contributed by atoms with Crippen molar-refractivity contribution in [1.82, 2.24) is 4.90 Å². The monoisotopic (exact) mass is 500 g/mol. The second-order valence-corrected chi connectivity index (χ2v) is 9.64. The van der Waals surface area contributed by atoms with Crippen molar-refractivity contribution in [1.29, 1.82) is 0 Å². The maximum absolute atomic E-state index is 13.8. The summed E-state index contributed by atoms with van der Waals surface area (Å²) in [7, 11) is 4.34.